The van der Waals surface area contributed by atoms with Crippen LogP contribution < -0.4 is 15.4 Å². The van der Waals surface area contributed by atoms with E-state index in [1.807, 2.05) is 80.5 Å². The van der Waals surface area contributed by atoms with Gasteiger partial charge in [-0.1, -0.05) is 82.0 Å². The fourth-order valence-corrected chi connectivity index (χ4v) is 14.9. The number of hydrogen-bond donors (Lipinski definition) is 8. The number of ether oxygens (including phenoxy) is 4. The Morgan fingerprint density at radius 3 is 2.32 bits per heavy atom. The molecule has 1 saturated heterocycles. The summed E-state index contributed by atoms with van der Waals surface area (Å²) in [4.78, 5) is 68.3. The lowest BCUT2D eigenvalue weighted by molar-refractivity contribution is -0.0361. The average Bonchev–Trinajstić information content (AvgIpc) is 3.58. The number of rotatable bonds is 25. The number of benzene rings is 2. The highest BCUT2D eigenvalue weighted by Crippen LogP contribution is 2.66. The number of anilines is 1. The van der Waals surface area contributed by atoms with Crippen molar-refractivity contribution >= 4 is 97.2 Å². The Labute approximate surface area is 447 Å². The standard InChI is InChI=1S/C45H63BN3O18P3S4/c1-10-47-33-20-35-31(17-26(33)3)38(32-18-27(4)34(48-11-2)21-36(32)64-35)29-14-13-28(19-30(29)43(52)53)42(51)49-23-45(8,9)74-71-24-61-16-12-15-46-41-39(50)40(62-25-72-73-44(5,6)7)37(65-41)22-63-69(57,58)67-70(59,60)66-68(54,55)56/h13-14,17-21,31,37-41,46,48,50H,10-11,16,22-25H2,1-9H3,(H,49,51)(H,52,53)(H,57,58)(H,59,60)(H2,54,55,56)/b47-33-. The Hall–Kier alpha value is -2.60. The summed E-state index contributed by atoms with van der Waals surface area (Å²) in [7, 11) is -11.2. The number of nitrogens with one attached hydrogen (secondary N) is 2. The van der Waals surface area contributed by atoms with Crippen LogP contribution in [0.15, 0.2) is 58.8 Å². The first-order valence-corrected chi connectivity index (χ1v) is 32.2. The van der Waals surface area contributed by atoms with Crippen molar-refractivity contribution in [2.45, 2.75) is 102 Å². The van der Waals surface area contributed by atoms with Crippen LogP contribution in [0.4, 0.5) is 5.69 Å². The normalized spacial score (nSPS) is 22.9. The van der Waals surface area contributed by atoms with E-state index in [1.165, 1.54) is 49.2 Å². The van der Waals surface area contributed by atoms with E-state index in [4.69, 9.17) is 33.3 Å². The molecule has 8 unspecified atom stereocenters. The fourth-order valence-electron chi connectivity index (χ4n) is 7.80. The Morgan fingerprint density at radius 2 is 1.66 bits per heavy atom. The summed E-state index contributed by atoms with van der Waals surface area (Å²) < 4.78 is 70.7. The van der Waals surface area contributed by atoms with Crippen molar-refractivity contribution in [2.24, 2.45) is 10.9 Å². The van der Waals surface area contributed by atoms with Crippen LogP contribution in [0.5, 0.6) is 5.75 Å². The van der Waals surface area contributed by atoms with E-state index < -0.39 is 76.9 Å². The zero-order valence-corrected chi connectivity index (χ0v) is 48.1. The van der Waals surface area contributed by atoms with Crippen molar-refractivity contribution in [3.05, 3.63) is 81.6 Å². The van der Waals surface area contributed by atoms with Gasteiger partial charge >= 0.3 is 29.4 Å². The molecule has 0 radical (unpaired) electrons. The highest BCUT2D eigenvalue weighted by atomic mass is 33.1. The molecule has 2 heterocycles. The van der Waals surface area contributed by atoms with Gasteiger partial charge in [-0.3, -0.25) is 14.3 Å². The van der Waals surface area contributed by atoms with Gasteiger partial charge in [-0.05, 0) is 76.4 Å². The number of amides is 1. The molecule has 2 aromatic carbocycles. The number of phosphoric ester groups is 1. The minimum absolute atomic E-state index is 0.00405. The minimum Gasteiger partial charge on any atom is -0.478 e. The van der Waals surface area contributed by atoms with Crippen LogP contribution >= 0.6 is 66.6 Å². The van der Waals surface area contributed by atoms with E-state index in [2.05, 4.69) is 42.1 Å². The molecule has 74 heavy (non-hydrogen) atoms. The SMILES string of the molecule is CC/N=C1/C=C2Oc3cc(NCC)c(C)cc3C(c3ccc(C(=O)NCC(C)(C)SSCOCC#CBC4OC(COP(=O)(O)OP(=O)(O)OP(=O)(O)O)C(OCSSC(C)(C)C)C4O)cc3C(=O)O)C2C=C1C. The Balaban J connectivity index is 1.14. The number of aryl methyl sites for hydroxylation is 1. The molecule has 5 rings (SSSR count). The van der Waals surface area contributed by atoms with Crippen molar-refractivity contribution < 1.29 is 85.2 Å². The first-order valence-electron chi connectivity index (χ1n) is 23.1. The number of aliphatic imine (C=N–C) groups is 1. The van der Waals surface area contributed by atoms with Crippen LogP contribution in [-0.4, -0.2) is 133 Å². The van der Waals surface area contributed by atoms with Gasteiger partial charge in [-0.15, -0.1) is 0 Å². The predicted molar refractivity (Wildman–Crippen MR) is 291 cm³/mol. The molecule has 3 aliphatic rings. The van der Waals surface area contributed by atoms with Gasteiger partial charge in [0.2, 0.25) is 7.28 Å². The molecule has 0 aromatic heterocycles. The van der Waals surface area contributed by atoms with E-state index in [0.29, 0.717) is 30.2 Å². The van der Waals surface area contributed by atoms with Gasteiger partial charge in [0, 0.05) is 69.9 Å². The zero-order valence-electron chi connectivity index (χ0n) is 42.2. The summed E-state index contributed by atoms with van der Waals surface area (Å²) in [6.07, 6.45) is 0.368. The lowest BCUT2D eigenvalue weighted by Crippen LogP contribution is -2.38. The second-order valence-electron chi connectivity index (χ2n) is 18.5. The van der Waals surface area contributed by atoms with Gasteiger partial charge < -0.3 is 59.4 Å². The quantitative estimate of drug-likeness (QED) is 0.0117. The molecule has 2 aromatic rings. The van der Waals surface area contributed by atoms with Gasteiger partial charge in [0.15, 0.2) is 0 Å². The summed E-state index contributed by atoms with van der Waals surface area (Å²) in [6.45, 7) is 18.5. The molecule has 0 saturated carbocycles. The maximum absolute atomic E-state index is 13.6. The first-order chi connectivity index (χ1) is 34.5. The van der Waals surface area contributed by atoms with Crippen LogP contribution in [0.25, 0.3) is 0 Å². The average molecular weight is 1170 g/mol. The van der Waals surface area contributed by atoms with Crippen LogP contribution in [0, 0.1) is 24.6 Å². The van der Waals surface area contributed by atoms with Crippen LogP contribution in [-0.2, 0) is 41.1 Å². The first kappa shape index (κ1) is 62.2. The Kier molecular flexibility index (Phi) is 22.6. The van der Waals surface area contributed by atoms with Crippen molar-refractivity contribution in [1.29, 1.82) is 0 Å². The number of carbonyl (C=O) groups is 2. The molecule has 0 spiro atoms. The third-order valence-corrected chi connectivity index (χ3v) is 20.6. The van der Waals surface area contributed by atoms with E-state index in [0.717, 1.165) is 28.1 Å². The second-order valence-corrected chi connectivity index (χ2v) is 29.0. The van der Waals surface area contributed by atoms with Crippen molar-refractivity contribution in [3.63, 3.8) is 0 Å². The highest BCUT2D eigenvalue weighted by Gasteiger charge is 2.47. The Morgan fingerprint density at radius 1 is 0.946 bits per heavy atom. The molecule has 8 N–H and O–H groups in total. The van der Waals surface area contributed by atoms with E-state index >= 15 is 0 Å². The lowest BCUT2D eigenvalue weighted by Gasteiger charge is -2.37. The number of aliphatic hydroxyl groups excluding tert-OH is 1. The smallest absolute Gasteiger partial charge is 0.478 e. The van der Waals surface area contributed by atoms with Crippen LogP contribution in [0.2, 0.25) is 0 Å². The number of allylic oxidation sites excluding steroid dienone is 3. The second kappa shape index (κ2) is 26.8. The number of carbonyl (C=O) groups excluding carboxylic acids is 1. The topological polar surface area (TPSA) is 308 Å². The van der Waals surface area contributed by atoms with E-state index in [-0.39, 0.29) is 54.1 Å². The molecule has 1 amide bonds. The molecule has 0 bridgehead atoms. The number of fused-ring (bicyclic) bond motifs is 2. The molecule has 8 atom stereocenters. The van der Waals surface area contributed by atoms with Crippen molar-refractivity contribution in [3.8, 4) is 17.5 Å². The van der Waals surface area contributed by atoms with Gasteiger partial charge in [0.25, 0.3) is 5.91 Å². The molecule has 29 heteroatoms. The number of carboxylic acids is 1. The molecule has 1 aliphatic carbocycles. The third-order valence-electron chi connectivity index (χ3n) is 10.9. The molecule has 1 fully saturated rings. The number of carboxylic acid groups (broad SMARTS) is 1. The van der Waals surface area contributed by atoms with E-state index in [9.17, 15) is 43.3 Å². The van der Waals surface area contributed by atoms with Crippen molar-refractivity contribution in [2.75, 3.05) is 50.0 Å². The largest absolute Gasteiger partial charge is 0.490 e. The lowest BCUT2D eigenvalue weighted by atomic mass is 9.70. The molecular formula is C45H63BN3O18P3S4. The summed E-state index contributed by atoms with van der Waals surface area (Å²) in [5.74, 6) is 4.91. The van der Waals surface area contributed by atoms with Gasteiger partial charge in [-0.2, -0.15) is 14.4 Å². The van der Waals surface area contributed by atoms with Crippen molar-refractivity contribution in [1.82, 2.24) is 5.32 Å². The highest BCUT2D eigenvalue weighted by molar-refractivity contribution is 8.77. The monoisotopic (exact) mass is 1170 g/mol. The predicted octanol–water partition coefficient (Wildman–Crippen LogP) is 7.78. The fraction of sp³-hybridized carbons (Fsp3) is 0.533. The summed E-state index contributed by atoms with van der Waals surface area (Å²) in [5, 5.41) is 28.0. The number of aromatic carboxylic acids is 1. The van der Waals surface area contributed by atoms with Gasteiger partial charge in [0.05, 0.1) is 23.9 Å². The summed E-state index contributed by atoms with van der Waals surface area (Å²) >= 11 is 0. The zero-order chi connectivity index (χ0) is 54.8. The number of phosphoric acid groups is 3. The van der Waals surface area contributed by atoms with Gasteiger partial charge in [-0.25, -0.2) is 18.5 Å². The molecular weight excluding hydrogens is 1100 g/mol. The maximum Gasteiger partial charge on any atom is 0.490 e. The third kappa shape index (κ3) is 18.5. The maximum atomic E-state index is 13.6. The van der Waals surface area contributed by atoms with Crippen LogP contribution in [0.3, 0.4) is 0 Å². The number of hydrogen-bond acceptors (Lipinski definition) is 19. The van der Waals surface area contributed by atoms with Crippen LogP contribution in [0.1, 0.15) is 98.7 Å². The minimum atomic E-state index is -5.75. The number of nitrogens with zero attached hydrogens (tertiary/aromatic N) is 1. The Bertz CT molecular complexity index is 2670. The number of aliphatic hydroxyl groups is 1. The molecule has 2 aliphatic heterocycles. The summed E-state index contributed by atoms with van der Waals surface area (Å²) in [6, 6.07) is 7.82. The molecule has 408 valence electrons. The van der Waals surface area contributed by atoms with Gasteiger partial charge in [0.1, 0.15) is 48.3 Å². The summed E-state index contributed by atoms with van der Waals surface area (Å²) in [5.41, 5.74) is 5.26. The molecule has 21 nitrogen and oxygen atoms in total. The van der Waals surface area contributed by atoms with E-state index in [1.54, 1.807) is 12.1 Å².